The molecule has 0 aromatic heterocycles. The van der Waals surface area contributed by atoms with E-state index in [1.807, 2.05) is 0 Å². The number of aromatic hydroxyl groups is 1. The zero-order valence-electron chi connectivity index (χ0n) is 12.8. The number of hydrogen-bond acceptors (Lipinski definition) is 7. The summed E-state index contributed by atoms with van der Waals surface area (Å²) in [5, 5.41) is 49.5. The van der Waals surface area contributed by atoms with Crippen molar-refractivity contribution in [3.63, 3.8) is 0 Å². The van der Waals surface area contributed by atoms with Crippen LogP contribution in [-0.4, -0.2) is 63.7 Å². The van der Waals surface area contributed by atoms with Gasteiger partial charge in [-0.05, 0) is 24.1 Å². The molecule has 0 unspecified atom stereocenters. The smallest absolute Gasteiger partial charge is 0.163 e. The maximum Gasteiger partial charge on any atom is 0.163 e. The molecule has 1 saturated heterocycles. The number of hydrogen-bond donors (Lipinski definition) is 5. The molecule has 7 heteroatoms. The quantitative estimate of drug-likeness (QED) is 0.469. The maximum absolute atomic E-state index is 10.3. The van der Waals surface area contributed by atoms with Crippen molar-refractivity contribution in [2.75, 3.05) is 13.7 Å². The lowest BCUT2D eigenvalue weighted by molar-refractivity contribution is -0.232. The minimum absolute atomic E-state index is 0.191. The molecular weight excluding hydrogens is 304 g/mol. The van der Waals surface area contributed by atoms with Gasteiger partial charge in [0.25, 0.3) is 0 Å². The molecule has 0 bridgehead atoms. The van der Waals surface area contributed by atoms with Gasteiger partial charge in [-0.1, -0.05) is 6.08 Å². The Morgan fingerprint density at radius 3 is 2.48 bits per heavy atom. The van der Waals surface area contributed by atoms with Gasteiger partial charge in [0.15, 0.2) is 11.5 Å². The van der Waals surface area contributed by atoms with E-state index in [0.29, 0.717) is 6.42 Å². The highest BCUT2D eigenvalue weighted by Gasteiger charge is 2.45. The van der Waals surface area contributed by atoms with Crippen molar-refractivity contribution in [1.29, 1.82) is 0 Å². The Labute approximate surface area is 134 Å². The number of aliphatic hydroxyl groups is 4. The average Bonchev–Trinajstić information content (AvgIpc) is 2.55. The molecule has 5 atom stereocenters. The largest absolute Gasteiger partial charge is 0.504 e. The van der Waals surface area contributed by atoms with Crippen molar-refractivity contribution >= 4 is 0 Å². The predicted octanol–water partition coefficient (Wildman–Crippen LogP) is -0.356. The second kappa shape index (κ2) is 7.29. The van der Waals surface area contributed by atoms with Gasteiger partial charge in [0.2, 0.25) is 0 Å². The first-order chi connectivity index (χ1) is 10.9. The van der Waals surface area contributed by atoms with Crippen molar-refractivity contribution < 1.29 is 35.0 Å². The molecule has 0 radical (unpaired) electrons. The van der Waals surface area contributed by atoms with Crippen LogP contribution in [0.25, 0.3) is 0 Å². The van der Waals surface area contributed by atoms with Gasteiger partial charge in [0.1, 0.15) is 30.5 Å². The van der Waals surface area contributed by atoms with Crippen molar-refractivity contribution in [3.05, 3.63) is 35.9 Å². The van der Waals surface area contributed by atoms with Crippen LogP contribution < -0.4 is 4.74 Å². The highest BCUT2D eigenvalue weighted by atomic mass is 16.5. The Morgan fingerprint density at radius 2 is 1.91 bits per heavy atom. The van der Waals surface area contributed by atoms with Crippen molar-refractivity contribution in [1.82, 2.24) is 0 Å². The van der Waals surface area contributed by atoms with Gasteiger partial charge in [-0.25, -0.2) is 0 Å². The lowest BCUT2D eigenvalue weighted by Gasteiger charge is -2.40. The number of methoxy groups -OCH3 is 1. The Hall–Kier alpha value is -1.64. The number of phenolic OH excluding ortho intramolecular Hbond substituents is 1. The second-order valence-corrected chi connectivity index (χ2v) is 5.48. The molecule has 1 aliphatic heterocycles. The molecule has 1 fully saturated rings. The first kappa shape index (κ1) is 17.7. The molecular formula is C16H22O7. The van der Waals surface area contributed by atoms with Crippen LogP contribution in [0.5, 0.6) is 11.5 Å². The maximum atomic E-state index is 10.3. The van der Waals surface area contributed by atoms with Gasteiger partial charge in [-0.15, -0.1) is 6.58 Å². The summed E-state index contributed by atoms with van der Waals surface area (Å²) in [6.07, 6.45) is -4.44. The van der Waals surface area contributed by atoms with E-state index in [0.717, 1.165) is 5.56 Å². The third-order valence-corrected chi connectivity index (χ3v) is 3.96. The summed E-state index contributed by atoms with van der Waals surface area (Å²) in [4.78, 5) is 0. The molecule has 1 aromatic rings. The predicted molar refractivity (Wildman–Crippen MR) is 81.3 cm³/mol. The van der Waals surface area contributed by atoms with Crippen LogP contribution in [0.15, 0.2) is 24.8 Å². The summed E-state index contributed by atoms with van der Waals surface area (Å²) in [5.74, 6) is -0.0408. The Morgan fingerprint density at radius 1 is 1.22 bits per heavy atom. The SMILES string of the molecule is C=CCc1cc(OC)c(O)c([C@H]2O[C@H](CO)[C@@H](O)[C@H](O)[C@H]2O)c1. The number of allylic oxidation sites excluding steroid dienone is 1. The normalized spacial score (nSPS) is 30.9. The number of ether oxygens (including phenoxy) is 2. The summed E-state index contributed by atoms with van der Waals surface area (Å²) < 4.78 is 10.6. The van der Waals surface area contributed by atoms with Crippen LogP contribution >= 0.6 is 0 Å². The molecule has 23 heavy (non-hydrogen) atoms. The standard InChI is InChI=1S/C16H22O7/c1-3-4-8-5-9(12(18)10(6-8)22-2)16-15(21)14(20)13(19)11(7-17)23-16/h3,5-6,11,13-21H,1,4,7H2,2H3/t11-,13-,14+,15-,16-/m1/s1. The first-order valence-electron chi connectivity index (χ1n) is 7.25. The van der Waals surface area contributed by atoms with Crippen molar-refractivity contribution in [2.45, 2.75) is 36.9 Å². The van der Waals surface area contributed by atoms with E-state index < -0.39 is 37.1 Å². The van der Waals surface area contributed by atoms with E-state index in [1.54, 1.807) is 18.2 Å². The molecule has 1 aliphatic rings. The summed E-state index contributed by atoms with van der Waals surface area (Å²) in [6.45, 7) is 3.11. The van der Waals surface area contributed by atoms with E-state index in [-0.39, 0.29) is 17.1 Å². The van der Waals surface area contributed by atoms with Crippen LogP contribution in [0.2, 0.25) is 0 Å². The molecule has 128 valence electrons. The molecule has 5 N–H and O–H groups in total. The zero-order chi connectivity index (χ0) is 17.1. The second-order valence-electron chi connectivity index (χ2n) is 5.48. The van der Waals surface area contributed by atoms with E-state index in [4.69, 9.17) is 9.47 Å². The number of aliphatic hydroxyl groups excluding tert-OH is 4. The van der Waals surface area contributed by atoms with E-state index >= 15 is 0 Å². The minimum Gasteiger partial charge on any atom is -0.504 e. The Bertz CT molecular complexity index is 558. The van der Waals surface area contributed by atoms with Gasteiger partial charge in [-0.3, -0.25) is 0 Å². The molecule has 7 nitrogen and oxygen atoms in total. The monoisotopic (exact) mass is 326 g/mol. The topological polar surface area (TPSA) is 120 Å². The lowest BCUT2D eigenvalue weighted by Crippen LogP contribution is -2.55. The fourth-order valence-corrected chi connectivity index (χ4v) is 2.70. The molecule has 0 aliphatic carbocycles. The highest BCUT2D eigenvalue weighted by molar-refractivity contribution is 5.50. The van der Waals surface area contributed by atoms with Gasteiger partial charge in [0.05, 0.1) is 13.7 Å². The van der Waals surface area contributed by atoms with E-state index in [9.17, 15) is 25.5 Å². The van der Waals surface area contributed by atoms with Crippen LogP contribution in [0.1, 0.15) is 17.2 Å². The van der Waals surface area contributed by atoms with Gasteiger partial charge in [0, 0.05) is 5.56 Å². The molecule has 2 rings (SSSR count). The molecule has 0 spiro atoms. The molecule has 0 amide bonds. The van der Waals surface area contributed by atoms with E-state index in [2.05, 4.69) is 6.58 Å². The number of benzene rings is 1. The highest BCUT2D eigenvalue weighted by Crippen LogP contribution is 2.41. The number of phenols is 1. The molecule has 1 heterocycles. The van der Waals surface area contributed by atoms with E-state index in [1.165, 1.54) is 7.11 Å². The Balaban J connectivity index is 2.46. The minimum atomic E-state index is -1.51. The lowest BCUT2D eigenvalue weighted by atomic mass is 9.89. The third kappa shape index (κ3) is 3.34. The van der Waals surface area contributed by atoms with Gasteiger partial charge < -0.3 is 35.0 Å². The van der Waals surface area contributed by atoms with Crippen molar-refractivity contribution in [3.8, 4) is 11.5 Å². The first-order valence-corrected chi connectivity index (χ1v) is 7.25. The fraction of sp³-hybridized carbons (Fsp3) is 0.500. The zero-order valence-corrected chi connectivity index (χ0v) is 12.8. The van der Waals surface area contributed by atoms with Gasteiger partial charge in [-0.2, -0.15) is 0 Å². The summed E-state index contributed by atoms with van der Waals surface area (Å²) >= 11 is 0. The molecule has 1 aromatic carbocycles. The van der Waals surface area contributed by atoms with Crippen LogP contribution in [0.3, 0.4) is 0 Å². The Kier molecular flexibility index (Phi) is 5.61. The van der Waals surface area contributed by atoms with Gasteiger partial charge >= 0.3 is 0 Å². The summed E-state index contributed by atoms with van der Waals surface area (Å²) in [7, 11) is 1.39. The summed E-state index contributed by atoms with van der Waals surface area (Å²) in [6, 6.07) is 3.23. The summed E-state index contributed by atoms with van der Waals surface area (Å²) in [5.41, 5.74) is 0.972. The number of rotatable bonds is 5. The van der Waals surface area contributed by atoms with Crippen molar-refractivity contribution in [2.24, 2.45) is 0 Å². The van der Waals surface area contributed by atoms with Crippen LogP contribution in [0, 0.1) is 0 Å². The fourth-order valence-electron chi connectivity index (χ4n) is 2.70. The molecule has 0 saturated carbocycles. The average molecular weight is 326 g/mol. The third-order valence-electron chi connectivity index (χ3n) is 3.96. The van der Waals surface area contributed by atoms with Crippen LogP contribution in [-0.2, 0) is 11.2 Å². The van der Waals surface area contributed by atoms with Crippen LogP contribution in [0.4, 0.5) is 0 Å².